The van der Waals surface area contributed by atoms with E-state index in [-0.39, 0.29) is 18.4 Å². The zero-order chi connectivity index (χ0) is 11.7. The molecule has 0 aliphatic carbocycles. The number of rotatable bonds is 8. The maximum absolute atomic E-state index is 11.1. The van der Waals surface area contributed by atoms with Gasteiger partial charge in [-0.25, -0.2) is 0 Å². The molecule has 3 N–H and O–H groups in total. The van der Waals surface area contributed by atoms with E-state index in [9.17, 15) is 9.59 Å². The van der Waals surface area contributed by atoms with Crippen molar-refractivity contribution in [3.63, 3.8) is 0 Å². The van der Waals surface area contributed by atoms with Gasteiger partial charge in [-0.05, 0) is 26.8 Å². The zero-order valence-electron chi connectivity index (χ0n) is 9.38. The highest BCUT2D eigenvalue weighted by Gasteiger charge is 2.02. The van der Waals surface area contributed by atoms with Gasteiger partial charge in [0.1, 0.15) is 0 Å². The van der Waals surface area contributed by atoms with Crippen LogP contribution in [0.25, 0.3) is 0 Å². The lowest BCUT2D eigenvalue weighted by Gasteiger charge is -2.08. The smallest absolute Gasteiger partial charge is 0.303 e. The summed E-state index contributed by atoms with van der Waals surface area (Å²) in [6.07, 6.45) is 1.21. The van der Waals surface area contributed by atoms with Gasteiger partial charge in [0.05, 0.1) is 0 Å². The number of carboxylic acids is 1. The first-order chi connectivity index (χ1) is 7.02. The van der Waals surface area contributed by atoms with Crippen molar-refractivity contribution in [2.45, 2.75) is 39.2 Å². The van der Waals surface area contributed by atoms with E-state index in [4.69, 9.17) is 5.11 Å². The number of hydrogen-bond acceptors (Lipinski definition) is 3. The summed E-state index contributed by atoms with van der Waals surface area (Å²) < 4.78 is 0. The van der Waals surface area contributed by atoms with Crippen molar-refractivity contribution in [2.24, 2.45) is 0 Å². The summed E-state index contributed by atoms with van der Waals surface area (Å²) in [5.41, 5.74) is 0. The third-order valence-electron chi connectivity index (χ3n) is 1.72. The van der Waals surface area contributed by atoms with E-state index in [1.54, 1.807) is 0 Å². The summed E-state index contributed by atoms with van der Waals surface area (Å²) in [6.45, 7) is 5.07. The summed E-state index contributed by atoms with van der Waals surface area (Å²) in [5.74, 6) is -0.759. The molecule has 0 rings (SSSR count). The number of carbonyl (C=O) groups excluding carboxylic acids is 1. The molecule has 0 aliphatic heterocycles. The van der Waals surface area contributed by atoms with Crippen LogP contribution in [0.1, 0.15) is 33.1 Å². The molecule has 0 radical (unpaired) electrons. The molecule has 0 unspecified atom stereocenters. The van der Waals surface area contributed by atoms with E-state index < -0.39 is 5.97 Å². The Hall–Kier alpha value is -1.10. The molecule has 1 amide bonds. The van der Waals surface area contributed by atoms with Crippen molar-refractivity contribution in [2.75, 3.05) is 13.1 Å². The number of hydrogen-bond donors (Lipinski definition) is 3. The van der Waals surface area contributed by atoms with Crippen molar-refractivity contribution in [1.29, 1.82) is 0 Å². The Morgan fingerprint density at radius 2 is 1.87 bits per heavy atom. The molecule has 0 aromatic rings. The Morgan fingerprint density at radius 3 is 2.40 bits per heavy atom. The summed E-state index contributed by atoms with van der Waals surface area (Å²) in [5, 5.41) is 14.2. The number of aliphatic carboxylic acids is 1. The summed E-state index contributed by atoms with van der Waals surface area (Å²) in [6, 6.07) is 0.171. The van der Waals surface area contributed by atoms with Crippen LogP contribution in [0, 0.1) is 0 Å². The van der Waals surface area contributed by atoms with Crippen LogP contribution < -0.4 is 10.6 Å². The minimum absolute atomic E-state index is 0.0238. The molecule has 88 valence electrons. The van der Waals surface area contributed by atoms with Gasteiger partial charge < -0.3 is 15.7 Å². The van der Waals surface area contributed by atoms with Crippen LogP contribution in [0.15, 0.2) is 0 Å². The summed E-state index contributed by atoms with van der Waals surface area (Å²) in [7, 11) is 0. The first kappa shape index (κ1) is 13.9. The van der Waals surface area contributed by atoms with Gasteiger partial charge in [0.15, 0.2) is 0 Å². The second-order valence-corrected chi connectivity index (χ2v) is 3.72. The molecule has 0 fully saturated rings. The standard InChI is InChI=1S/C10H20N2O3/c1-8(2)12-9(13)5-7-11-6-3-4-10(14)15/h8,11H,3-7H2,1-2H3,(H,12,13)(H,14,15). The fraction of sp³-hybridized carbons (Fsp3) is 0.800. The predicted molar refractivity (Wildman–Crippen MR) is 57.6 cm³/mol. The van der Waals surface area contributed by atoms with Crippen LogP contribution in [0.3, 0.4) is 0 Å². The predicted octanol–water partition coefficient (Wildman–Crippen LogP) is 0.355. The van der Waals surface area contributed by atoms with Gasteiger partial charge >= 0.3 is 5.97 Å². The third-order valence-corrected chi connectivity index (χ3v) is 1.72. The zero-order valence-corrected chi connectivity index (χ0v) is 9.38. The Kier molecular flexibility index (Phi) is 7.62. The minimum atomic E-state index is -0.783. The second kappa shape index (κ2) is 8.23. The molecule has 0 aromatic carbocycles. The molecule has 0 heterocycles. The Bertz CT molecular complexity index is 205. The lowest BCUT2D eigenvalue weighted by molar-refractivity contribution is -0.137. The van der Waals surface area contributed by atoms with Crippen molar-refractivity contribution in [1.82, 2.24) is 10.6 Å². The van der Waals surface area contributed by atoms with Gasteiger partial charge in [0, 0.05) is 25.4 Å². The molecule has 5 nitrogen and oxygen atoms in total. The maximum Gasteiger partial charge on any atom is 0.303 e. The number of carbonyl (C=O) groups is 2. The van der Waals surface area contributed by atoms with E-state index >= 15 is 0 Å². The van der Waals surface area contributed by atoms with Gasteiger partial charge in [-0.1, -0.05) is 0 Å². The van der Waals surface area contributed by atoms with Crippen molar-refractivity contribution >= 4 is 11.9 Å². The van der Waals surface area contributed by atoms with Gasteiger partial charge in [-0.15, -0.1) is 0 Å². The Labute approximate surface area is 90.2 Å². The Morgan fingerprint density at radius 1 is 1.20 bits per heavy atom. The Balaban J connectivity index is 3.24. The molecule has 0 bridgehead atoms. The lowest BCUT2D eigenvalue weighted by Crippen LogP contribution is -2.32. The minimum Gasteiger partial charge on any atom is -0.481 e. The fourth-order valence-corrected chi connectivity index (χ4v) is 1.09. The number of nitrogens with one attached hydrogen (secondary N) is 2. The maximum atomic E-state index is 11.1. The number of amides is 1. The monoisotopic (exact) mass is 216 g/mol. The molecule has 0 saturated heterocycles. The molecule has 5 heteroatoms. The van der Waals surface area contributed by atoms with Gasteiger partial charge in [-0.3, -0.25) is 9.59 Å². The van der Waals surface area contributed by atoms with Crippen LogP contribution in [-0.4, -0.2) is 36.1 Å². The quantitative estimate of drug-likeness (QED) is 0.512. The first-order valence-electron chi connectivity index (χ1n) is 5.24. The normalized spacial score (nSPS) is 10.3. The molecule has 0 atom stereocenters. The summed E-state index contributed by atoms with van der Waals surface area (Å²) in [4.78, 5) is 21.3. The molecule has 0 spiro atoms. The number of carboxylic acid groups (broad SMARTS) is 1. The fourth-order valence-electron chi connectivity index (χ4n) is 1.09. The molecule has 0 aliphatic rings. The van der Waals surface area contributed by atoms with Crippen LogP contribution in [0.5, 0.6) is 0 Å². The van der Waals surface area contributed by atoms with Gasteiger partial charge in [0.2, 0.25) is 5.91 Å². The van der Waals surface area contributed by atoms with E-state index in [1.807, 2.05) is 13.8 Å². The topological polar surface area (TPSA) is 78.4 Å². The van der Waals surface area contributed by atoms with Crippen LogP contribution in [0.2, 0.25) is 0 Å². The van der Waals surface area contributed by atoms with E-state index in [0.29, 0.717) is 25.9 Å². The highest BCUT2D eigenvalue weighted by Crippen LogP contribution is 1.87. The highest BCUT2D eigenvalue weighted by atomic mass is 16.4. The average molecular weight is 216 g/mol. The second-order valence-electron chi connectivity index (χ2n) is 3.72. The van der Waals surface area contributed by atoms with Crippen molar-refractivity contribution < 1.29 is 14.7 Å². The molecule has 15 heavy (non-hydrogen) atoms. The third kappa shape index (κ3) is 10.8. The van der Waals surface area contributed by atoms with Crippen molar-refractivity contribution in [3.8, 4) is 0 Å². The summed E-state index contributed by atoms with van der Waals surface area (Å²) >= 11 is 0. The van der Waals surface area contributed by atoms with Gasteiger partial charge in [-0.2, -0.15) is 0 Å². The SMILES string of the molecule is CC(C)NC(=O)CCNCCCC(=O)O. The average Bonchev–Trinajstić information content (AvgIpc) is 2.09. The van der Waals surface area contributed by atoms with Crippen molar-refractivity contribution in [3.05, 3.63) is 0 Å². The molecule has 0 saturated carbocycles. The van der Waals surface area contributed by atoms with E-state index in [2.05, 4.69) is 10.6 Å². The van der Waals surface area contributed by atoms with E-state index in [1.165, 1.54) is 0 Å². The van der Waals surface area contributed by atoms with E-state index in [0.717, 1.165) is 0 Å². The van der Waals surface area contributed by atoms with Gasteiger partial charge in [0.25, 0.3) is 0 Å². The largest absolute Gasteiger partial charge is 0.481 e. The van der Waals surface area contributed by atoms with Crippen LogP contribution >= 0.6 is 0 Å². The molecular weight excluding hydrogens is 196 g/mol. The molecular formula is C10H20N2O3. The highest BCUT2D eigenvalue weighted by molar-refractivity contribution is 5.76. The first-order valence-corrected chi connectivity index (χ1v) is 5.24. The molecule has 0 aromatic heterocycles. The van der Waals surface area contributed by atoms with Crippen LogP contribution in [-0.2, 0) is 9.59 Å². The lowest BCUT2D eigenvalue weighted by atomic mass is 10.3. The van der Waals surface area contributed by atoms with Crippen LogP contribution in [0.4, 0.5) is 0 Å².